The van der Waals surface area contributed by atoms with E-state index in [4.69, 9.17) is 0 Å². The maximum absolute atomic E-state index is 13.3. The van der Waals surface area contributed by atoms with Crippen molar-refractivity contribution in [2.45, 2.75) is 24.9 Å². The third kappa shape index (κ3) is 4.09. The lowest BCUT2D eigenvalue weighted by atomic mass is 9.84. The van der Waals surface area contributed by atoms with Crippen LogP contribution in [0.4, 0.5) is 9.18 Å². The van der Waals surface area contributed by atoms with Crippen molar-refractivity contribution in [2.75, 3.05) is 6.54 Å². The first kappa shape index (κ1) is 22.2. The van der Waals surface area contributed by atoms with Crippen molar-refractivity contribution < 1.29 is 18.8 Å². The second kappa shape index (κ2) is 8.50. The minimum absolute atomic E-state index is 0.434. The summed E-state index contributed by atoms with van der Waals surface area (Å²) in [6.45, 7) is 2.97. The Morgan fingerprint density at radius 2 is 1.45 bits per heavy atom. The molecule has 4 amide bonds. The number of hydrogen-bond acceptors (Lipinski definition) is 3. The maximum atomic E-state index is 13.3. The van der Waals surface area contributed by atoms with E-state index in [2.05, 4.69) is 10.6 Å². The first-order valence-electron chi connectivity index (χ1n) is 10.6. The van der Waals surface area contributed by atoms with E-state index in [1.54, 1.807) is 0 Å². The Hall–Kier alpha value is -4.00. The summed E-state index contributed by atoms with van der Waals surface area (Å²) in [5, 5.41) is 5.64. The molecule has 0 aliphatic carbocycles. The molecule has 1 unspecified atom stereocenters. The molecule has 1 aliphatic heterocycles. The number of halogens is 1. The van der Waals surface area contributed by atoms with Gasteiger partial charge in [-0.1, -0.05) is 72.8 Å². The number of carbonyl (C=O) groups excluding carboxylic acids is 3. The van der Waals surface area contributed by atoms with Gasteiger partial charge in [0, 0.05) is 0 Å². The molecule has 4 rings (SSSR count). The number of nitrogens with zero attached hydrogens (tertiary/aromatic N) is 1. The number of nitrogens with one attached hydrogen (secondary N) is 2. The smallest absolute Gasteiger partial charge is 0.325 e. The van der Waals surface area contributed by atoms with Crippen molar-refractivity contribution in [3.8, 4) is 0 Å². The van der Waals surface area contributed by atoms with Gasteiger partial charge in [-0.2, -0.15) is 0 Å². The molecule has 1 heterocycles. The summed E-state index contributed by atoms with van der Waals surface area (Å²) in [7, 11) is 0. The third-order valence-corrected chi connectivity index (χ3v) is 6.09. The summed E-state index contributed by atoms with van der Waals surface area (Å²) in [6.07, 6.45) is 0. The van der Waals surface area contributed by atoms with Crippen LogP contribution in [0.15, 0.2) is 84.9 Å². The van der Waals surface area contributed by atoms with E-state index in [0.29, 0.717) is 5.56 Å². The molecule has 168 valence electrons. The molecule has 0 spiro atoms. The molecule has 0 aromatic heterocycles. The molecule has 1 saturated heterocycles. The fourth-order valence-corrected chi connectivity index (χ4v) is 4.14. The van der Waals surface area contributed by atoms with Crippen molar-refractivity contribution in [1.82, 2.24) is 15.5 Å². The number of hydrogen-bond donors (Lipinski definition) is 2. The molecule has 1 fully saturated rings. The highest BCUT2D eigenvalue weighted by atomic mass is 19.1. The Bertz CT molecular complexity index is 1140. The fraction of sp³-hybridized carbons (Fsp3) is 0.192. The SMILES string of the molecule is CC1(c2ccc(F)cc2)NC(=O)N(CC(=O)NC(C)(c2ccccc2)c2ccccc2)C1=O. The zero-order valence-electron chi connectivity index (χ0n) is 18.3. The molecular formula is C26H24FN3O3. The molecule has 0 radical (unpaired) electrons. The molecule has 3 aromatic carbocycles. The van der Waals surface area contributed by atoms with Gasteiger partial charge in [0.15, 0.2) is 0 Å². The van der Waals surface area contributed by atoms with Gasteiger partial charge < -0.3 is 10.6 Å². The summed E-state index contributed by atoms with van der Waals surface area (Å²) in [4.78, 5) is 39.7. The highest BCUT2D eigenvalue weighted by Crippen LogP contribution is 2.31. The van der Waals surface area contributed by atoms with Gasteiger partial charge >= 0.3 is 6.03 Å². The average molecular weight is 445 g/mol. The minimum atomic E-state index is -1.38. The Labute approximate surface area is 191 Å². The van der Waals surface area contributed by atoms with E-state index in [1.165, 1.54) is 31.2 Å². The van der Waals surface area contributed by atoms with E-state index >= 15 is 0 Å². The van der Waals surface area contributed by atoms with Crippen molar-refractivity contribution in [1.29, 1.82) is 0 Å². The van der Waals surface area contributed by atoms with Crippen LogP contribution >= 0.6 is 0 Å². The van der Waals surface area contributed by atoms with Crippen LogP contribution in [0.3, 0.4) is 0 Å². The highest BCUT2D eigenvalue weighted by Gasteiger charge is 2.49. The molecule has 33 heavy (non-hydrogen) atoms. The number of urea groups is 1. The Morgan fingerprint density at radius 1 is 0.939 bits per heavy atom. The van der Waals surface area contributed by atoms with Gasteiger partial charge in [0.25, 0.3) is 5.91 Å². The van der Waals surface area contributed by atoms with E-state index in [-0.39, 0.29) is 0 Å². The van der Waals surface area contributed by atoms with Gasteiger partial charge in [0.2, 0.25) is 5.91 Å². The van der Waals surface area contributed by atoms with Crippen LogP contribution in [0, 0.1) is 5.82 Å². The molecule has 0 bridgehead atoms. The number of carbonyl (C=O) groups is 3. The Kier molecular flexibility index (Phi) is 5.72. The molecule has 1 aliphatic rings. The van der Waals surface area contributed by atoms with Crippen LogP contribution in [0.1, 0.15) is 30.5 Å². The van der Waals surface area contributed by atoms with Gasteiger partial charge in [-0.25, -0.2) is 9.18 Å². The van der Waals surface area contributed by atoms with E-state index in [9.17, 15) is 18.8 Å². The molecule has 2 N–H and O–H groups in total. The van der Waals surface area contributed by atoms with Crippen molar-refractivity contribution in [3.05, 3.63) is 107 Å². The lowest BCUT2D eigenvalue weighted by molar-refractivity contribution is -0.135. The molecule has 6 nitrogen and oxygen atoms in total. The van der Waals surface area contributed by atoms with Crippen LogP contribution in [0.2, 0.25) is 0 Å². The lowest BCUT2D eigenvalue weighted by Gasteiger charge is -2.33. The number of benzene rings is 3. The number of rotatable bonds is 6. The fourth-order valence-electron chi connectivity index (χ4n) is 4.14. The van der Waals surface area contributed by atoms with Crippen LogP contribution in [0.25, 0.3) is 0 Å². The summed E-state index contributed by atoms with van der Waals surface area (Å²) >= 11 is 0. The van der Waals surface area contributed by atoms with Crippen molar-refractivity contribution >= 4 is 17.8 Å². The van der Waals surface area contributed by atoms with Gasteiger partial charge in [-0.05, 0) is 42.7 Å². The standard InChI is InChI=1S/C26H24FN3O3/c1-25(18-9-5-3-6-10-18,19-11-7-4-8-12-19)28-22(31)17-30-23(32)26(2,29-24(30)33)20-13-15-21(27)16-14-20/h3-16H,17H2,1-2H3,(H,28,31)(H,29,33). The van der Waals surface area contributed by atoms with E-state index in [0.717, 1.165) is 16.0 Å². The predicted octanol–water partition coefficient (Wildman–Crippen LogP) is 3.67. The van der Waals surface area contributed by atoms with Gasteiger partial charge in [-0.3, -0.25) is 14.5 Å². The van der Waals surface area contributed by atoms with Crippen LogP contribution in [-0.4, -0.2) is 29.3 Å². The first-order chi connectivity index (χ1) is 15.7. The van der Waals surface area contributed by atoms with Crippen LogP contribution < -0.4 is 10.6 Å². The molecule has 7 heteroatoms. The van der Waals surface area contributed by atoms with Crippen LogP contribution in [-0.2, 0) is 20.7 Å². The van der Waals surface area contributed by atoms with Gasteiger partial charge in [-0.15, -0.1) is 0 Å². The predicted molar refractivity (Wildman–Crippen MR) is 121 cm³/mol. The summed E-state index contributed by atoms with van der Waals surface area (Å²) in [5.41, 5.74) is -0.105. The zero-order chi connectivity index (χ0) is 23.6. The monoisotopic (exact) mass is 445 g/mol. The quantitative estimate of drug-likeness (QED) is 0.569. The lowest BCUT2D eigenvalue weighted by Crippen LogP contribution is -2.49. The molecule has 1 atom stereocenters. The normalized spacial score (nSPS) is 18.2. The van der Waals surface area contributed by atoms with Crippen molar-refractivity contribution in [2.24, 2.45) is 0 Å². The average Bonchev–Trinajstić information content (AvgIpc) is 3.04. The number of amides is 4. The molecular weight excluding hydrogens is 421 g/mol. The van der Waals surface area contributed by atoms with Crippen molar-refractivity contribution in [3.63, 3.8) is 0 Å². The number of imide groups is 1. The van der Waals surface area contributed by atoms with Gasteiger partial charge in [0.05, 0.1) is 5.54 Å². The summed E-state index contributed by atoms with van der Waals surface area (Å²) < 4.78 is 13.3. The first-order valence-corrected chi connectivity index (χ1v) is 10.6. The summed E-state index contributed by atoms with van der Waals surface area (Å²) in [5.74, 6) is -1.51. The zero-order valence-corrected chi connectivity index (χ0v) is 18.3. The van der Waals surface area contributed by atoms with Gasteiger partial charge in [0.1, 0.15) is 17.9 Å². The molecule has 3 aromatic rings. The summed E-state index contributed by atoms with van der Waals surface area (Å²) in [6, 6.07) is 23.6. The minimum Gasteiger partial charge on any atom is -0.341 e. The third-order valence-electron chi connectivity index (χ3n) is 6.09. The topological polar surface area (TPSA) is 78.5 Å². The second-order valence-corrected chi connectivity index (χ2v) is 8.36. The highest BCUT2D eigenvalue weighted by molar-refractivity contribution is 6.09. The van der Waals surface area contributed by atoms with E-state index in [1.807, 2.05) is 67.6 Å². The Balaban J connectivity index is 1.58. The molecule has 0 saturated carbocycles. The van der Waals surface area contributed by atoms with Crippen LogP contribution in [0.5, 0.6) is 0 Å². The largest absolute Gasteiger partial charge is 0.341 e. The Morgan fingerprint density at radius 3 is 1.97 bits per heavy atom. The maximum Gasteiger partial charge on any atom is 0.325 e. The van der Waals surface area contributed by atoms with E-state index < -0.39 is 41.3 Å². The second-order valence-electron chi connectivity index (χ2n) is 8.36.